The monoisotopic (exact) mass is 182 g/mol. The van der Waals surface area contributed by atoms with Crippen molar-refractivity contribution in [2.45, 2.75) is 34.1 Å². The quantitative estimate of drug-likeness (QED) is 0.622. The highest BCUT2D eigenvalue weighted by Crippen LogP contribution is 2.22. The zero-order valence-corrected chi connectivity index (χ0v) is 8.92. The Morgan fingerprint density at radius 1 is 1.46 bits per heavy atom. The summed E-state index contributed by atoms with van der Waals surface area (Å²) >= 11 is 0. The van der Waals surface area contributed by atoms with E-state index in [4.69, 9.17) is 5.26 Å². The standard InChI is InChI=1S/C10H18N2O/c1-5-10(3,4)9(13)12(6-2)8-7-11/h5-6,8H2,1-4H3. The molecule has 0 spiro atoms. The molecule has 0 unspecified atom stereocenters. The number of hydrogen-bond acceptors (Lipinski definition) is 2. The van der Waals surface area contributed by atoms with Gasteiger partial charge in [0.25, 0.3) is 0 Å². The second-order valence-electron chi connectivity index (χ2n) is 3.71. The number of carbonyl (C=O) groups excluding carboxylic acids is 1. The molecule has 3 heteroatoms. The fourth-order valence-corrected chi connectivity index (χ4v) is 0.992. The molecule has 0 rings (SSSR count). The maximum Gasteiger partial charge on any atom is 0.229 e. The minimum absolute atomic E-state index is 0.0686. The van der Waals surface area contributed by atoms with Crippen LogP contribution >= 0.6 is 0 Å². The van der Waals surface area contributed by atoms with Gasteiger partial charge in [0, 0.05) is 12.0 Å². The summed E-state index contributed by atoms with van der Waals surface area (Å²) in [5, 5.41) is 8.51. The summed E-state index contributed by atoms with van der Waals surface area (Å²) in [4.78, 5) is 13.4. The Balaban J connectivity index is 4.47. The molecule has 0 saturated carbocycles. The molecular formula is C10H18N2O. The molecule has 0 aliphatic rings. The molecule has 13 heavy (non-hydrogen) atoms. The van der Waals surface area contributed by atoms with E-state index in [1.54, 1.807) is 4.90 Å². The zero-order valence-electron chi connectivity index (χ0n) is 8.92. The first kappa shape index (κ1) is 12.0. The predicted molar refractivity (Wildman–Crippen MR) is 51.9 cm³/mol. The molecule has 0 saturated heterocycles. The maximum absolute atomic E-state index is 11.8. The van der Waals surface area contributed by atoms with E-state index in [9.17, 15) is 4.79 Å². The van der Waals surface area contributed by atoms with Crippen LogP contribution in [0.25, 0.3) is 0 Å². The summed E-state index contributed by atoms with van der Waals surface area (Å²) in [6.07, 6.45) is 0.799. The molecule has 0 aliphatic heterocycles. The van der Waals surface area contributed by atoms with Gasteiger partial charge in [-0.2, -0.15) is 5.26 Å². The van der Waals surface area contributed by atoms with Crippen molar-refractivity contribution in [3.05, 3.63) is 0 Å². The Labute approximate surface area is 80.3 Å². The Hall–Kier alpha value is -1.04. The van der Waals surface area contributed by atoms with Crippen molar-refractivity contribution < 1.29 is 4.79 Å². The lowest BCUT2D eigenvalue weighted by Crippen LogP contribution is -2.40. The zero-order chi connectivity index (χ0) is 10.5. The van der Waals surface area contributed by atoms with Crippen molar-refractivity contribution >= 4 is 5.91 Å². The summed E-state index contributed by atoms with van der Waals surface area (Å²) < 4.78 is 0. The molecule has 0 aromatic carbocycles. The van der Waals surface area contributed by atoms with Crippen molar-refractivity contribution in [1.82, 2.24) is 4.90 Å². The Kier molecular flexibility index (Phi) is 4.47. The molecule has 3 nitrogen and oxygen atoms in total. The van der Waals surface area contributed by atoms with Crippen LogP contribution in [0.2, 0.25) is 0 Å². The van der Waals surface area contributed by atoms with Crippen LogP contribution in [0.1, 0.15) is 34.1 Å². The van der Waals surface area contributed by atoms with E-state index in [1.807, 2.05) is 33.8 Å². The van der Waals surface area contributed by atoms with Gasteiger partial charge in [0.2, 0.25) is 5.91 Å². The Morgan fingerprint density at radius 3 is 2.31 bits per heavy atom. The van der Waals surface area contributed by atoms with E-state index < -0.39 is 0 Å². The molecule has 0 aromatic heterocycles. The van der Waals surface area contributed by atoms with Crippen molar-refractivity contribution in [3.8, 4) is 6.07 Å². The van der Waals surface area contributed by atoms with Gasteiger partial charge in [0.15, 0.2) is 0 Å². The molecule has 0 radical (unpaired) electrons. The number of nitrogens with zero attached hydrogens (tertiary/aromatic N) is 2. The normalized spacial score (nSPS) is 10.7. The second kappa shape index (κ2) is 4.86. The van der Waals surface area contributed by atoms with Crippen LogP contribution in [0.15, 0.2) is 0 Å². The van der Waals surface area contributed by atoms with Gasteiger partial charge < -0.3 is 4.90 Å². The summed E-state index contributed by atoms with van der Waals surface area (Å²) in [5.74, 6) is 0.0686. The first-order chi connectivity index (χ1) is 5.99. The van der Waals surface area contributed by atoms with E-state index in [2.05, 4.69) is 0 Å². The van der Waals surface area contributed by atoms with Crippen LogP contribution in [-0.2, 0) is 4.79 Å². The number of rotatable bonds is 4. The third-order valence-electron chi connectivity index (χ3n) is 2.39. The van der Waals surface area contributed by atoms with E-state index in [0.29, 0.717) is 6.54 Å². The van der Waals surface area contributed by atoms with Crippen LogP contribution in [0, 0.1) is 16.7 Å². The molecule has 0 heterocycles. The van der Waals surface area contributed by atoms with Crippen LogP contribution < -0.4 is 0 Å². The smallest absolute Gasteiger partial charge is 0.229 e. The van der Waals surface area contributed by atoms with Crippen molar-refractivity contribution in [2.24, 2.45) is 5.41 Å². The van der Waals surface area contributed by atoms with Gasteiger partial charge in [-0.25, -0.2) is 0 Å². The number of hydrogen-bond donors (Lipinski definition) is 0. The molecule has 0 fully saturated rings. The predicted octanol–water partition coefficient (Wildman–Crippen LogP) is 1.79. The summed E-state index contributed by atoms with van der Waals surface area (Å²) in [5.41, 5.74) is -0.340. The molecule has 0 N–H and O–H groups in total. The highest BCUT2D eigenvalue weighted by Gasteiger charge is 2.29. The molecule has 0 aliphatic carbocycles. The highest BCUT2D eigenvalue weighted by molar-refractivity contribution is 5.82. The van der Waals surface area contributed by atoms with Gasteiger partial charge in [0.05, 0.1) is 6.07 Å². The molecular weight excluding hydrogens is 164 g/mol. The molecule has 0 atom stereocenters. The third kappa shape index (κ3) is 3.06. The van der Waals surface area contributed by atoms with Crippen molar-refractivity contribution in [1.29, 1.82) is 5.26 Å². The SMILES string of the molecule is CCN(CC#N)C(=O)C(C)(C)CC. The van der Waals surface area contributed by atoms with Gasteiger partial charge in [-0.3, -0.25) is 4.79 Å². The largest absolute Gasteiger partial charge is 0.329 e. The average Bonchev–Trinajstić information content (AvgIpc) is 2.13. The molecule has 1 amide bonds. The Morgan fingerprint density at radius 2 is 2.00 bits per heavy atom. The fourth-order valence-electron chi connectivity index (χ4n) is 0.992. The van der Waals surface area contributed by atoms with Gasteiger partial charge in [-0.15, -0.1) is 0 Å². The highest BCUT2D eigenvalue weighted by atomic mass is 16.2. The minimum atomic E-state index is -0.340. The summed E-state index contributed by atoms with van der Waals surface area (Å²) in [7, 11) is 0. The molecule has 0 aromatic rings. The van der Waals surface area contributed by atoms with Crippen molar-refractivity contribution in [3.63, 3.8) is 0 Å². The summed E-state index contributed by atoms with van der Waals surface area (Å²) in [6, 6.07) is 2.00. The van der Waals surface area contributed by atoms with Crippen LogP contribution in [0.3, 0.4) is 0 Å². The molecule has 74 valence electrons. The lowest BCUT2D eigenvalue weighted by Gasteiger charge is -2.28. The second-order valence-corrected chi connectivity index (χ2v) is 3.71. The van der Waals surface area contributed by atoms with Gasteiger partial charge >= 0.3 is 0 Å². The minimum Gasteiger partial charge on any atom is -0.329 e. The average molecular weight is 182 g/mol. The van der Waals surface area contributed by atoms with E-state index in [0.717, 1.165) is 6.42 Å². The number of amides is 1. The number of carbonyl (C=O) groups is 1. The fraction of sp³-hybridized carbons (Fsp3) is 0.800. The number of nitriles is 1. The van der Waals surface area contributed by atoms with E-state index in [-0.39, 0.29) is 17.9 Å². The van der Waals surface area contributed by atoms with E-state index >= 15 is 0 Å². The lowest BCUT2D eigenvalue weighted by atomic mass is 9.88. The third-order valence-corrected chi connectivity index (χ3v) is 2.39. The van der Waals surface area contributed by atoms with Crippen LogP contribution in [-0.4, -0.2) is 23.9 Å². The van der Waals surface area contributed by atoms with Gasteiger partial charge in [-0.1, -0.05) is 20.8 Å². The summed E-state index contributed by atoms with van der Waals surface area (Å²) in [6.45, 7) is 8.50. The first-order valence-electron chi connectivity index (χ1n) is 4.66. The maximum atomic E-state index is 11.8. The van der Waals surface area contributed by atoms with Crippen LogP contribution in [0.4, 0.5) is 0 Å². The lowest BCUT2D eigenvalue weighted by molar-refractivity contribution is -0.139. The Bertz CT molecular complexity index is 215. The van der Waals surface area contributed by atoms with Gasteiger partial charge in [0.1, 0.15) is 6.54 Å². The topological polar surface area (TPSA) is 44.1 Å². The van der Waals surface area contributed by atoms with Crippen LogP contribution in [0.5, 0.6) is 0 Å². The van der Waals surface area contributed by atoms with E-state index in [1.165, 1.54) is 0 Å². The van der Waals surface area contributed by atoms with Crippen molar-refractivity contribution in [2.75, 3.05) is 13.1 Å². The van der Waals surface area contributed by atoms with Gasteiger partial charge in [-0.05, 0) is 13.3 Å². The first-order valence-corrected chi connectivity index (χ1v) is 4.66. The molecule has 0 bridgehead atoms.